The fourth-order valence-electron chi connectivity index (χ4n) is 3.62. The molecule has 2 aliphatic rings. The molecule has 1 atom stereocenters. The second-order valence-electron chi connectivity index (χ2n) is 8.14. The number of aromatic nitrogens is 2. The Morgan fingerprint density at radius 2 is 2.12 bits per heavy atom. The summed E-state index contributed by atoms with van der Waals surface area (Å²) in [4.78, 5) is 24.7. The first-order chi connectivity index (χ1) is 11.9. The van der Waals surface area contributed by atoms with Crippen molar-refractivity contribution in [1.82, 2.24) is 30.4 Å². The quantitative estimate of drug-likeness (QED) is 0.741. The van der Waals surface area contributed by atoms with Gasteiger partial charge in [0.15, 0.2) is 0 Å². The highest BCUT2D eigenvalue weighted by atomic mass is 16.2. The van der Waals surface area contributed by atoms with E-state index in [2.05, 4.69) is 51.3 Å². The van der Waals surface area contributed by atoms with E-state index in [9.17, 15) is 4.79 Å². The predicted molar refractivity (Wildman–Crippen MR) is 98.7 cm³/mol. The fourth-order valence-corrected chi connectivity index (χ4v) is 3.62. The van der Waals surface area contributed by atoms with Crippen molar-refractivity contribution in [3.63, 3.8) is 0 Å². The number of hydrogen-bond donors (Lipinski definition) is 3. The molecule has 0 bridgehead atoms. The van der Waals surface area contributed by atoms with Gasteiger partial charge in [0.25, 0.3) is 0 Å². The van der Waals surface area contributed by atoms with E-state index in [0.717, 1.165) is 69.8 Å². The van der Waals surface area contributed by atoms with Gasteiger partial charge in [0, 0.05) is 56.4 Å². The van der Waals surface area contributed by atoms with Gasteiger partial charge in [0.1, 0.15) is 0 Å². The summed E-state index contributed by atoms with van der Waals surface area (Å²) in [7, 11) is 2.17. The Kier molecular flexibility index (Phi) is 5.64. The number of nitrogens with one attached hydrogen (secondary N) is 3. The van der Waals surface area contributed by atoms with Crippen LogP contribution in [0.4, 0.5) is 4.79 Å². The van der Waals surface area contributed by atoms with Crippen molar-refractivity contribution in [3.8, 4) is 0 Å². The zero-order valence-corrected chi connectivity index (χ0v) is 15.8. The molecule has 1 aromatic rings. The van der Waals surface area contributed by atoms with Gasteiger partial charge in [0.05, 0.1) is 12.0 Å². The number of aryl methyl sites for hydroxylation is 1. The zero-order valence-electron chi connectivity index (χ0n) is 15.8. The highest BCUT2D eigenvalue weighted by Crippen LogP contribution is 2.18. The van der Waals surface area contributed by atoms with Crippen molar-refractivity contribution in [3.05, 3.63) is 17.7 Å². The van der Waals surface area contributed by atoms with Gasteiger partial charge >= 0.3 is 6.03 Å². The van der Waals surface area contributed by atoms with Crippen LogP contribution in [0.25, 0.3) is 0 Å². The molecule has 1 fully saturated rings. The largest absolute Gasteiger partial charge is 0.348 e. The number of aromatic amines is 1. The molecular formula is C18H32N6O. The van der Waals surface area contributed by atoms with E-state index in [1.807, 2.05) is 0 Å². The molecule has 1 aliphatic heterocycles. The summed E-state index contributed by atoms with van der Waals surface area (Å²) in [6.45, 7) is 9.74. The van der Waals surface area contributed by atoms with Crippen molar-refractivity contribution in [2.75, 3.05) is 39.8 Å². The summed E-state index contributed by atoms with van der Waals surface area (Å²) in [5.41, 5.74) is 2.10. The number of H-pyrrole nitrogens is 1. The fraction of sp³-hybridized carbons (Fsp3) is 0.778. The van der Waals surface area contributed by atoms with E-state index < -0.39 is 0 Å². The maximum absolute atomic E-state index is 12.4. The van der Waals surface area contributed by atoms with E-state index >= 15 is 0 Å². The molecule has 3 rings (SSSR count). The van der Waals surface area contributed by atoms with Crippen molar-refractivity contribution in [2.45, 2.75) is 51.1 Å². The number of fused-ring (bicyclic) bond motifs is 1. The summed E-state index contributed by atoms with van der Waals surface area (Å²) in [6.07, 6.45) is 5.42. The van der Waals surface area contributed by atoms with Crippen molar-refractivity contribution in [2.24, 2.45) is 0 Å². The molecule has 7 heteroatoms. The number of urea groups is 1. The van der Waals surface area contributed by atoms with Crippen LogP contribution in [0.15, 0.2) is 6.33 Å². The average molecular weight is 348 g/mol. The number of nitrogens with zero attached hydrogens (tertiary/aromatic N) is 3. The molecule has 1 aromatic heterocycles. The molecule has 2 heterocycles. The minimum Gasteiger partial charge on any atom is -0.348 e. The smallest absolute Gasteiger partial charge is 0.315 e. The number of imidazole rings is 1. The molecule has 0 saturated carbocycles. The number of carbonyl (C=O) groups excluding carboxylic acids is 1. The van der Waals surface area contributed by atoms with Crippen molar-refractivity contribution < 1.29 is 4.79 Å². The summed E-state index contributed by atoms with van der Waals surface area (Å²) < 4.78 is 0. The molecule has 25 heavy (non-hydrogen) atoms. The van der Waals surface area contributed by atoms with Gasteiger partial charge in [-0.3, -0.25) is 0 Å². The number of amides is 2. The molecule has 1 aliphatic carbocycles. The number of likely N-dealkylation sites (N-methyl/N-ethyl adjacent to an activating group) is 1. The third-order valence-corrected chi connectivity index (χ3v) is 5.42. The summed E-state index contributed by atoms with van der Waals surface area (Å²) in [5.74, 6) is 0. The van der Waals surface area contributed by atoms with Crippen LogP contribution in [-0.4, -0.2) is 77.2 Å². The van der Waals surface area contributed by atoms with Gasteiger partial charge in [-0.1, -0.05) is 0 Å². The molecule has 2 amide bonds. The van der Waals surface area contributed by atoms with Gasteiger partial charge in [0.2, 0.25) is 0 Å². The van der Waals surface area contributed by atoms with E-state index in [-0.39, 0.29) is 17.6 Å². The molecule has 0 radical (unpaired) electrons. The number of rotatable bonds is 5. The van der Waals surface area contributed by atoms with E-state index in [1.54, 1.807) is 6.33 Å². The molecule has 7 nitrogen and oxygen atoms in total. The molecule has 3 N–H and O–H groups in total. The van der Waals surface area contributed by atoms with E-state index in [1.165, 1.54) is 0 Å². The normalized spacial score (nSPS) is 22.4. The van der Waals surface area contributed by atoms with Crippen LogP contribution in [-0.2, 0) is 12.8 Å². The Hall–Kier alpha value is -1.60. The second kappa shape index (κ2) is 7.74. The standard InChI is InChI=1S/C18H32N6O/c1-18(2,6-7-24-10-8-23(3)9-11-24)22-17(25)21-14-4-5-15-16(12-14)20-13-19-15/h13-14H,4-12H2,1-3H3,(H,19,20)(H2,21,22,25). The first-order valence-corrected chi connectivity index (χ1v) is 9.42. The maximum Gasteiger partial charge on any atom is 0.315 e. The van der Waals surface area contributed by atoms with Crippen LogP contribution in [0.2, 0.25) is 0 Å². The zero-order chi connectivity index (χ0) is 17.9. The second-order valence-corrected chi connectivity index (χ2v) is 8.14. The Balaban J connectivity index is 1.40. The van der Waals surface area contributed by atoms with Crippen LogP contribution in [0, 0.1) is 0 Å². The van der Waals surface area contributed by atoms with Crippen molar-refractivity contribution >= 4 is 6.03 Å². The Bertz CT molecular complexity index is 576. The monoisotopic (exact) mass is 348 g/mol. The molecule has 1 saturated heterocycles. The summed E-state index contributed by atoms with van der Waals surface area (Å²) in [6, 6.07) is 0.123. The highest BCUT2D eigenvalue weighted by molar-refractivity contribution is 5.75. The van der Waals surface area contributed by atoms with Gasteiger partial charge in [-0.2, -0.15) is 0 Å². The van der Waals surface area contributed by atoms with Crippen LogP contribution in [0.1, 0.15) is 38.1 Å². The summed E-state index contributed by atoms with van der Waals surface area (Å²) in [5, 5.41) is 6.29. The van der Waals surface area contributed by atoms with Crippen LogP contribution >= 0.6 is 0 Å². The third-order valence-electron chi connectivity index (χ3n) is 5.42. The van der Waals surface area contributed by atoms with Gasteiger partial charge < -0.3 is 25.4 Å². The molecule has 1 unspecified atom stereocenters. The van der Waals surface area contributed by atoms with Gasteiger partial charge in [-0.15, -0.1) is 0 Å². The topological polar surface area (TPSA) is 76.3 Å². The third kappa shape index (κ3) is 5.19. The average Bonchev–Trinajstić information content (AvgIpc) is 3.01. The lowest BCUT2D eigenvalue weighted by molar-refractivity contribution is 0.142. The molecule has 140 valence electrons. The first kappa shape index (κ1) is 18.2. The minimum absolute atomic E-state index is 0.0589. The number of hydrogen-bond acceptors (Lipinski definition) is 4. The first-order valence-electron chi connectivity index (χ1n) is 9.42. The summed E-state index contributed by atoms with van der Waals surface area (Å²) >= 11 is 0. The van der Waals surface area contributed by atoms with Crippen molar-refractivity contribution in [1.29, 1.82) is 0 Å². The van der Waals surface area contributed by atoms with Crippen LogP contribution < -0.4 is 10.6 Å². The lowest BCUT2D eigenvalue weighted by Crippen LogP contribution is -2.53. The molecular weight excluding hydrogens is 316 g/mol. The number of carbonyl (C=O) groups is 1. The van der Waals surface area contributed by atoms with Gasteiger partial charge in [-0.05, 0) is 40.2 Å². The molecule has 0 aromatic carbocycles. The van der Waals surface area contributed by atoms with Crippen LogP contribution in [0.3, 0.4) is 0 Å². The predicted octanol–water partition coefficient (Wildman–Crippen LogP) is 0.982. The van der Waals surface area contributed by atoms with Gasteiger partial charge in [-0.25, -0.2) is 9.78 Å². The van der Waals surface area contributed by atoms with E-state index in [4.69, 9.17) is 0 Å². The lowest BCUT2D eigenvalue weighted by atomic mass is 9.96. The lowest BCUT2D eigenvalue weighted by Gasteiger charge is -2.35. The Labute approximate surface area is 150 Å². The Morgan fingerprint density at radius 3 is 2.88 bits per heavy atom. The SMILES string of the molecule is CN1CCN(CCC(C)(C)NC(=O)NC2CCc3nc[nH]c3C2)CC1. The number of piperazine rings is 1. The highest BCUT2D eigenvalue weighted by Gasteiger charge is 2.26. The van der Waals surface area contributed by atoms with Crippen LogP contribution in [0.5, 0.6) is 0 Å². The Morgan fingerprint density at radius 1 is 1.36 bits per heavy atom. The van der Waals surface area contributed by atoms with E-state index in [0.29, 0.717) is 0 Å². The molecule has 0 spiro atoms. The minimum atomic E-state index is -0.207. The maximum atomic E-state index is 12.4.